The highest BCUT2D eigenvalue weighted by atomic mass is 16.5. The van der Waals surface area contributed by atoms with Gasteiger partial charge < -0.3 is 15.2 Å². The molecule has 1 aliphatic rings. The fourth-order valence-electron chi connectivity index (χ4n) is 3.43. The third kappa shape index (κ3) is 4.67. The molecule has 0 bridgehead atoms. The first-order valence-electron chi connectivity index (χ1n) is 8.91. The van der Waals surface area contributed by atoms with Gasteiger partial charge in [-0.05, 0) is 42.5 Å². The Hall–Kier alpha value is -1.68. The van der Waals surface area contributed by atoms with Crippen molar-refractivity contribution in [1.82, 2.24) is 5.32 Å². The van der Waals surface area contributed by atoms with Crippen LogP contribution >= 0.6 is 0 Å². The lowest BCUT2D eigenvalue weighted by Gasteiger charge is -2.17. The zero-order chi connectivity index (χ0) is 16.6. The number of hydrogen-bond donors (Lipinski definition) is 2. The summed E-state index contributed by atoms with van der Waals surface area (Å²) in [6.45, 7) is 2.69. The van der Waals surface area contributed by atoms with E-state index >= 15 is 0 Å². The van der Waals surface area contributed by atoms with Gasteiger partial charge in [0.05, 0.1) is 13.2 Å². The molecule has 1 heterocycles. The summed E-state index contributed by atoms with van der Waals surface area (Å²) in [6, 6.07) is 19.4. The molecule has 2 aromatic carbocycles. The van der Waals surface area contributed by atoms with Gasteiger partial charge in [0.1, 0.15) is 0 Å². The molecule has 0 aromatic heterocycles. The second kappa shape index (κ2) is 8.97. The van der Waals surface area contributed by atoms with E-state index in [0.717, 1.165) is 32.4 Å². The smallest absolute Gasteiger partial charge is 0.0716 e. The molecule has 24 heavy (non-hydrogen) atoms. The average Bonchev–Trinajstić information content (AvgIpc) is 3.11. The van der Waals surface area contributed by atoms with Crippen molar-refractivity contribution < 1.29 is 9.84 Å². The summed E-state index contributed by atoms with van der Waals surface area (Å²) in [7, 11) is 0. The predicted molar refractivity (Wildman–Crippen MR) is 97.1 cm³/mol. The number of benzene rings is 2. The Balaban J connectivity index is 1.40. The van der Waals surface area contributed by atoms with Gasteiger partial charge in [0.2, 0.25) is 0 Å². The Kier molecular flexibility index (Phi) is 6.41. The standard InChI is InChI=1S/C21H27NO2/c23-15-21-20(12-13-22-21)19-10-8-17(9-11-19)7-4-14-24-16-18-5-2-1-3-6-18/h1-3,5-6,8-11,20-23H,4,7,12-16H2/t20-,21-/m1/s1. The first-order chi connectivity index (χ1) is 11.9. The largest absolute Gasteiger partial charge is 0.395 e. The summed E-state index contributed by atoms with van der Waals surface area (Å²) in [5.41, 5.74) is 3.92. The van der Waals surface area contributed by atoms with Crippen molar-refractivity contribution in [2.24, 2.45) is 0 Å². The van der Waals surface area contributed by atoms with Gasteiger partial charge in [0.25, 0.3) is 0 Å². The Morgan fingerprint density at radius 1 is 1.00 bits per heavy atom. The van der Waals surface area contributed by atoms with Crippen molar-refractivity contribution >= 4 is 0 Å². The van der Waals surface area contributed by atoms with E-state index in [-0.39, 0.29) is 12.6 Å². The maximum absolute atomic E-state index is 9.42. The molecule has 2 N–H and O–H groups in total. The van der Waals surface area contributed by atoms with Gasteiger partial charge in [-0.1, -0.05) is 54.6 Å². The zero-order valence-corrected chi connectivity index (χ0v) is 14.2. The summed E-state index contributed by atoms with van der Waals surface area (Å²) in [6.07, 6.45) is 3.19. The third-order valence-corrected chi connectivity index (χ3v) is 4.82. The molecule has 2 atom stereocenters. The van der Waals surface area contributed by atoms with Crippen molar-refractivity contribution in [2.45, 2.75) is 37.8 Å². The second-order valence-electron chi connectivity index (χ2n) is 6.52. The minimum absolute atomic E-state index is 0.210. The van der Waals surface area contributed by atoms with Gasteiger partial charge >= 0.3 is 0 Å². The molecule has 0 unspecified atom stereocenters. The quantitative estimate of drug-likeness (QED) is 0.732. The second-order valence-corrected chi connectivity index (χ2v) is 6.52. The molecule has 128 valence electrons. The van der Waals surface area contributed by atoms with Crippen LogP contribution in [0.1, 0.15) is 35.4 Å². The van der Waals surface area contributed by atoms with Crippen LogP contribution in [0.2, 0.25) is 0 Å². The lowest BCUT2D eigenvalue weighted by Crippen LogP contribution is -2.29. The Morgan fingerprint density at radius 2 is 1.79 bits per heavy atom. The summed E-state index contributed by atoms with van der Waals surface area (Å²) in [4.78, 5) is 0. The van der Waals surface area contributed by atoms with Crippen molar-refractivity contribution in [3.8, 4) is 0 Å². The van der Waals surface area contributed by atoms with Crippen LogP contribution in [0.5, 0.6) is 0 Å². The van der Waals surface area contributed by atoms with Crippen LogP contribution in [0.4, 0.5) is 0 Å². The fraction of sp³-hybridized carbons (Fsp3) is 0.429. The van der Waals surface area contributed by atoms with Crippen LogP contribution in [0.3, 0.4) is 0 Å². The number of nitrogens with one attached hydrogen (secondary N) is 1. The van der Waals surface area contributed by atoms with Crippen molar-refractivity contribution in [3.63, 3.8) is 0 Å². The van der Waals surface area contributed by atoms with Crippen LogP contribution < -0.4 is 5.32 Å². The summed E-state index contributed by atoms with van der Waals surface area (Å²) in [5, 5.41) is 12.8. The lowest BCUT2D eigenvalue weighted by atomic mass is 9.91. The molecule has 0 spiro atoms. The van der Waals surface area contributed by atoms with E-state index in [1.165, 1.54) is 16.7 Å². The Morgan fingerprint density at radius 3 is 2.54 bits per heavy atom. The molecule has 3 heteroatoms. The first kappa shape index (κ1) is 17.2. The van der Waals surface area contributed by atoms with E-state index < -0.39 is 0 Å². The van der Waals surface area contributed by atoms with Gasteiger partial charge in [0.15, 0.2) is 0 Å². The first-order valence-corrected chi connectivity index (χ1v) is 8.91. The molecule has 2 aromatic rings. The molecule has 0 saturated carbocycles. The number of aliphatic hydroxyl groups is 1. The highest BCUT2D eigenvalue weighted by Gasteiger charge is 2.27. The van der Waals surface area contributed by atoms with Crippen LogP contribution in [0.25, 0.3) is 0 Å². The number of aliphatic hydroxyl groups excluding tert-OH is 1. The fourth-order valence-corrected chi connectivity index (χ4v) is 3.43. The number of hydrogen-bond acceptors (Lipinski definition) is 3. The van der Waals surface area contributed by atoms with E-state index in [4.69, 9.17) is 4.74 Å². The molecule has 0 amide bonds. The van der Waals surface area contributed by atoms with Gasteiger partial charge in [-0.15, -0.1) is 0 Å². The summed E-state index contributed by atoms with van der Waals surface area (Å²) in [5.74, 6) is 0.443. The van der Waals surface area contributed by atoms with E-state index in [2.05, 4.69) is 41.7 Å². The molecular formula is C21H27NO2. The third-order valence-electron chi connectivity index (χ3n) is 4.82. The minimum atomic E-state index is 0.210. The van der Waals surface area contributed by atoms with Crippen molar-refractivity contribution in [2.75, 3.05) is 19.8 Å². The van der Waals surface area contributed by atoms with Crippen LogP contribution in [-0.2, 0) is 17.8 Å². The lowest BCUT2D eigenvalue weighted by molar-refractivity contribution is 0.118. The molecule has 1 fully saturated rings. The number of ether oxygens (including phenoxy) is 1. The maximum Gasteiger partial charge on any atom is 0.0716 e. The molecular weight excluding hydrogens is 298 g/mol. The molecule has 0 aliphatic carbocycles. The Labute approximate surface area is 144 Å². The maximum atomic E-state index is 9.42. The Bertz CT molecular complexity index is 597. The monoisotopic (exact) mass is 325 g/mol. The molecule has 0 radical (unpaired) electrons. The van der Waals surface area contributed by atoms with Gasteiger partial charge in [-0.25, -0.2) is 0 Å². The predicted octanol–water partition coefficient (Wildman–Crippen LogP) is 3.27. The highest BCUT2D eigenvalue weighted by Crippen LogP contribution is 2.27. The molecule has 3 rings (SSSR count). The molecule has 1 saturated heterocycles. The highest BCUT2D eigenvalue weighted by molar-refractivity contribution is 5.27. The van der Waals surface area contributed by atoms with E-state index in [0.29, 0.717) is 12.5 Å². The van der Waals surface area contributed by atoms with Crippen LogP contribution in [0, 0.1) is 0 Å². The van der Waals surface area contributed by atoms with Gasteiger partial charge in [0, 0.05) is 18.6 Å². The summed E-state index contributed by atoms with van der Waals surface area (Å²) < 4.78 is 5.74. The van der Waals surface area contributed by atoms with Gasteiger partial charge in [-0.3, -0.25) is 0 Å². The van der Waals surface area contributed by atoms with E-state index in [9.17, 15) is 5.11 Å². The average molecular weight is 325 g/mol. The normalized spacial score (nSPS) is 20.4. The molecule has 1 aliphatic heterocycles. The van der Waals surface area contributed by atoms with Crippen molar-refractivity contribution in [3.05, 3.63) is 71.3 Å². The van der Waals surface area contributed by atoms with E-state index in [1.807, 2.05) is 18.2 Å². The number of rotatable bonds is 8. The van der Waals surface area contributed by atoms with Crippen LogP contribution in [0.15, 0.2) is 54.6 Å². The van der Waals surface area contributed by atoms with Crippen LogP contribution in [-0.4, -0.2) is 30.9 Å². The van der Waals surface area contributed by atoms with Gasteiger partial charge in [-0.2, -0.15) is 0 Å². The SMILES string of the molecule is OC[C@H]1NCC[C@@H]1c1ccc(CCCOCc2ccccc2)cc1. The minimum Gasteiger partial charge on any atom is -0.395 e. The van der Waals surface area contributed by atoms with Crippen molar-refractivity contribution in [1.29, 1.82) is 0 Å². The molecule has 3 nitrogen and oxygen atoms in total. The van der Waals surface area contributed by atoms with E-state index in [1.54, 1.807) is 0 Å². The number of aryl methyl sites for hydroxylation is 1. The summed E-state index contributed by atoms with van der Waals surface area (Å²) >= 11 is 0. The topological polar surface area (TPSA) is 41.5 Å². The zero-order valence-electron chi connectivity index (χ0n) is 14.2.